The van der Waals surface area contributed by atoms with E-state index in [0.29, 0.717) is 5.56 Å². The molecule has 0 amide bonds. The zero-order valence-electron chi connectivity index (χ0n) is 11.6. The average Bonchev–Trinajstić information content (AvgIpc) is 3.01. The van der Waals surface area contributed by atoms with E-state index in [1.54, 1.807) is 6.07 Å². The highest BCUT2D eigenvalue weighted by atomic mass is 32.1. The minimum atomic E-state index is -0.854. The molecule has 1 fully saturated rings. The molecule has 22 heavy (non-hydrogen) atoms. The second kappa shape index (κ2) is 6.17. The summed E-state index contributed by atoms with van der Waals surface area (Å²) in [5.74, 6) is 0. The number of ether oxygens (including phenoxy) is 1. The highest BCUT2D eigenvalue weighted by Crippen LogP contribution is 2.25. The first-order valence-corrected chi connectivity index (χ1v) is 7.78. The van der Waals surface area contributed by atoms with Gasteiger partial charge in [-0.05, 0) is 17.9 Å². The fourth-order valence-electron chi connectivity index (χ4n) is 2.58. The molecule has 1 aliphatic rings. The van der Waals surface area contributed by atoms with E-state index in [2.05, 4.69) is 4.98 Å². The van der Waals surface area contributed by atoms with Crippen LogP contribution in [0.3, 0.4) is 0 Å². The monoisotopic (exact) mass is 324 g/mol. The van der Waals surface area contributed by atoms with E-state index in [-0.39, 0.29) is 25.7 Å². The number of hydrogen-bond acceptors (Lipinski definition) is 6. The SMILES string of the molecule is O=c1[nH]c(=O)n([C@@H]2CO[C@H](CO)[C@@H](O)C2)cc1-c1cccs1. The van der Waals surface area contributed by atoms with Gasteiger partial charge in [0.25, 0.3) is 5.56 Å². The largest absolute Gasteiger partial charge is 0.394 e. The fourth-order valence-corrected chi connectivity index (χ4v) is 3.31. The number of aromatic nitrogens is 2. The van der Waals surface area contributed by atoms with Crippen molar-refractivity contribution in [2.24, 2.45) is 0 Å². The lowest BCUT2D eigenvalue weighted by molar-refractivity contribution is -0.113. The van der Waals surface area contributed by atoms with Crippen LogP contribution in [0.1, 0.15) is 12.5 Å². The lowest BCUT2D eigenvalue weighted by atomic mass is 10.0. The molecule has 118 valence electrons. The van der Waals surface area contributed by atoms with Gasteiger partial charge in [-0.2, -0.15) is 0 Å². The van der Waals surface area contributed by atoms with Gasteiger partial charge in [0.15, 0.2) is 0 Å². The zero-order valence-corrected chi connectivity index (χ0v) is 12.5. The maximum absolute atomic E-state index is 12.0. The summed E-state index contributed by atoms with van der Waals surface area (Å²) in [6.07, 6.45) is 0.299. The molecular weight excluding hydrogens is 308 g/mol. The van der Waals surface area contributed by atoms with Crippen molar-refractivity contribution in [1.82, 2.24) is 9.55 Å². The summed E-state index contributed by atoms with van der Waals surface area (Å²) in [5, 5.41) is 20.9. The first-order chi connectivity index (χ1) is 10.6. The molecule has 2 aromatic heterocycles. The van der Waals surface area contributed by atoms with Gasteiger partial charge < -0.3 is 14.9 Å². The van der Waals surface area contributed by atoms with Crippen molar-refractivity contribution in [3.05, 3.63) is 44.5 Å². The van der Waals surface area contributed by atoms with Crippen LogP contribution in [0.5, 0.6) is 0 Å². The van der Waals surface area contributed by atoms with Crippen LogP contribution in [0.15, 0.2) is 33.3 Å². The molecule has 3 heterocycles. The normalized spacial score (nSPS) is 25.3. The highest BCUT2D eigenvalue weighted by molar-refractivity contribution is 7.13. The number of aliphatic hydroxyl groups excluding tert-OH is 2. The topological polar surface area (TPSA) is 105 Å². The Bertz CT molecular complexity index is 751. The number of aliphatic hydroxyl groups is 2. The summed E-state index contributed by atoms with van der Waals surface area (Å²) in [4.78, 5) is 27.1. The molecule has 1 aliphatic heterocycles. The standard InChI is InChI=1S/C14H16N2O5S/c17-6-11-10(18)4-8(7-21-11)16-5-9(12-2-1-3-22-12)13(19)15-14(16)20/h1-3,5,8,10-11,17-18H,4,6-7H2,(H,15,19,20)/t8-,10-,11+/m0/s1. The lowest BCUT2D eigenvalue weighted by Crippen LogP contribution is -2.44. The molecular formula is C14H16N2O5S. The molecule has 1 saturated heterocycles. The summed E-state index contributed by atoms with van der Waals surface area (Å²) in [5.41, 5.74) is -0.559. The van der Waals surface area contributed by atoms with Gasteiger partial charge in [0.05, 0.1) is 30.9 Å². The molecule has 2 aromatic rings. The van der Waals surface area contributed by atoms with E-state index in [9.17, 15) is 14.7 Å². The molecule has 0 saturated carbocycles. The van der Waals surface area contributed by atoms with Gasteiger partial charge in [-0.3, -0.25) is 14.3 Å². The van der Waals surface area contributed by atoms with Gasteiger partial charge in [0, 0.05) is 11.1 Å². The molecule has 3 atom stereocenters. The van der Waals surface area contributed by atoms with Crippen molar-refractivity contribution in [2.75, 3.05) is 13.2 Å². The van der Waals surface area contributed by atoms with E-state index in [1.165, 1.54) is 22.1 Å². The van der Waals surface area contributed by atoms with Crippen LogP contribution in [0.25, 0.3) is 10.4 Å². The van der Waals surface area contributed by atoms with Gasteiger partial charge in [0.1, 0.15) is 6.10 Å². The van der Waals surface area contributed by atoms with Gasteiger partial charge >= 0.3 is 5.69 Å². The Morgan fingerprint density at radius 1 is 1.45 bits per heavy atom. The van der Waals surface area contributed by atoms with Crippen molar-refractivity contribution in [1.29, 1.82) is 0 Å². The van der Waals surface area contributed by atoms with Gasteiger partial charge in [-0.15, -0.1) is 11.3 Å². The third-order valence-electron chi connectivity index (χ3n) is 3.77. The van der Waals surface area contributed by atoms with Crippen molar-refractivity contribution < 1.29 is 14.9 Å². The second-order valence-electron chi connectivity index (χ2n) is 5.20. The Balaban J connectivity index is 1.96. The van der Waals surface area contributed by atoms with E-state index >= 15 is 0 Å². The van der Waals surface area contributed by atoms with Crippen molar-refractivity contribution in [2.45, 2.75) is 24.7 Å². The predicted molar refractivity (Wildman–Crippen MR) is 81.1 cm³/mol. The van der Waals surface area contributed by atoms with Crippen LogP contribution in [0, 0.1) is 0 Å². The molecule has 3 N–H and O–H groups in total. The lowest BCUT2D eigenvalue weighted by Gasteiger charge is -2.33. The molecule has 0 bridgehead atoms. The van der Waals surface area contributed by atoms with Gasteiger partial charge in [-0.1, -0.05) is 6.07 Å². The maximum atomic E-state index is 12.0. The third kappa shape index (κ3) is 2.78. The summed E-state index contributed by atoms with van der Waals surface area (Å²) >= 11 is 1.41. The zero-order chi connectivity index (χ0) is 15.7. The van der Waals surface area contributed by atoms with Crippen LogP contribution in [0.2, 0.25) is 0 Å². The van der Waals surface area contributed by atoms with Crippen molar-refractivity contribution >= 4 is 11.3 Å². The van der Waals surface area contributed by atoms with Crippen LogP contribution in [-0.4, -0.2) is 45.2 Å². The molecule has 8 heteroatoms. The molecule has 7 nitrogen and oxygen atoms in total. The number of nitrogens with one attached hydrogen (secondary N) is 1. The molecule has 0 aliphatic carbocycles. The minimum absolute atomic E-state index is 0.193. The smallest absolute Gasteiger partial charge is 0.328 e. The number of nitrogens with zero attached hydrogens (tertiary/aromatic N) is 1. The Kier molecular flexibility index (Phi) is 4.25. The predicted octanol–water partition coefficient (Wildman–Crippen LogP) is -0.0517. The van der Waals surface area contributed by atoms with E-state index in [1.807, 2.05) is 11.4 Å². The second-order valence-corrected chi connectivity index (χ2v) is 6.15. The Labute approximate surface area is 129 Å². The first-order valence-electron chi connectivity index (χ1n) is 6.90. The molecule has 0 radical (unpaired) electrons. The van der Waals surface area contributed by atoms with Gasteiger partial charge in [0.2, 0.25) is 0 Å². The first kappa shape index (κ1) is 15.2. The van der Waals surface area contributed by atoms with Crippen LogP contribution in [0.4, 0.5) is 0 Å². The van der Waals surface area contributed by atoms with E-state index in [0.717, 1.165) is 4.88 Å². The van der Waals surface area contributed by atoms with E-state index < -0.39 is 23.5 Å². The van der Waals surface area contributed by atoms with Crippen LogP contribution >= 0.6 is 11.3 Å². The van der Waals surface area contributed by atoms with Crippen molar-refractivity contribution in [3.8, 4) is 10.4 Å². The Morgan fingerprint density at radius 2 is 2.27 bits per heavy atom. The van der Waals surface area contributed by atoms with Crippen LogP contribution in [-0.2, 0) is 4.74 Å². The maximum Gasteiger partial charge on any atom is 0.328 e. The quantitative estimate of drug-likeness (QED) is 0.734. The Hall–Kier alpha value is -1.74. The molecule has 0 unspecified atom stereocenters. The number of H-pyrrole nitrogens is 1. The Morgan fingerprint density at radius 3 is 2.91 bits per heavy atom. The number of aromatic amines is 1. The summed E-state index contributed by atoms with van der Waals surface area (Å²) in [6.45, 7) is -0.0764. The fraction of sp³-hybridized carbons (Fsp3) is 0.429. The van der Waals surface area contributed by atoms with Gasteiger partial charge in [-0.25, -0.2) is 4.79 Å². The number of rotatable bonds is 3. The molecule has 0 aromatic carbocycles. The average molecular weight is 324 g/mol. The summed E-state index contributed by atoms with van der Waals surface area (Å²) in [7, 11) is 0. The molecule has 3 rings (SSSR count). The van der Waals surface area contributed by atoms with Crippen molar-refractivity contribution in [3.63, 3.8) is 0 Å². The molecule has 0 spiro atoms. The third-order valence-corrected chi connectivity index (χ3v) is 4.68. The van der Waals surface area contributed by atoms with Crippen LogP contribution < -0.4 is 11.2 Å². The summed E-state index contributed by atoms with van der Waals surface area (Å²) < 4.78 is 6.76. The summed E-state index contributed by atoms with van der Waals surface area (Å²) in [6, 6.07) is 3.24. The number of hydrogen-bond donors (Lipinski definition) is 3. The highest BCUT2D eigenvalue weighted by Gasteiger charge is 2.31. The number of thiophene rings is 1. The van der Waals surface area contributed by atoms with E-state index in [4.69, 9.17) is 9.84 Å². The minimum Gasteiger partial charge on any atom is -0.394 e.